The van der Waals surface area contributed by atoms with Gasteiger partial charge in [0.25, 0.3) is 5.91 Å². The lowest BCUT2D eigenvalue weighted by atomic mass is 9.97. The van der Waals surface area contributed by atoms with Crippen LogP contribution in [0.3, 0.4) is 0 Å². The fourth-order valence-electron chi connectivity index (χ4n) is 4.08. The molecule has 6 nitrogen and oxygen atoms in total. The molecule has 1 amide bonds. The second kappa shape index (κ2) is 11.5. The molecule has 0 spiro atoms. The molecule has 4 rings (SSSR count). The summed E-state index contributed by atoms with van der Waals surface area (Å²) in [6.45, 7) is 1.60. The van der Waals surface area contributed by atoms with Gasteiger partial charge in [0.15, 0.2) is 0 Å². The Labute approximate surface area is 213 Å². The predicted octanol–water partition coefficient (Wildman–Crippen LogP) is 5.66. The van der Waals surface area contributed by atoms with Crippen molar-refractivity contribution in [2.75, 3.05) is 25.5 Å². The van der Waals surface area contributed by atoms with Crippen molar-refractivity contribution in [3.8, 4) is 11.1 Å². The molecular weight excluding hydrogens is 485 g/mol. The molecule has 0 radical (unpaired) electrons. The number of rotatable bonds is 7. The number of methoxy groups -OCH3 is 1. The molecule has 0 bridgehead atoms. The van der Waals surface area contributed by atoms with E-state index in [9.17, 15) is 14.0 Å². The van der Waals surface area contributed by atoms with Crippen LogP contribution in [0.25, 0.3) is 11.1 Å². The van der Waals surface area contributed by atoms with Gasteiger partial charge >= 0.3 is 5.97 Å². The van der Waals surface area contributed by atoms with Crippen LogP contribution >= 0.6 is 23.6 Å². The van der Waals surface area contributed by atoms with E-state index in [1.807, 2.05) is 24.3 Å². The molecule has 1 aliphatic rings. The number of anilines is 1. The summed E-state index contributed by atoms with van der Waals surface area (Å²) in [6.07, 6.45) is 2.60. The van der Waals surface area contributed by atoms with Gasteiger partial charge in [-0.05, 0) is 36.6 Å². The number of thiocarbonyl (C=S) groups is 1. The Bertz CT molecular complexity index is 1200. The number of nitrogens with zero attached hydrogens (tertiary/aromatic N) is 2. The molecule has 1 N–H and O–H groups in total. The van der Waals surface area contributed by atoms with Gasteiger partial charge in [-0.15, -0.1) is 11.3 Å². The number of halogens is 1. The normalized spacial score (nSPS) is 13.9. The summed E-state index contributed by atoms with van der Waals surface area (Å²) in [5.41, 5.74) is 2.66. The molecule has 35 heavy (non-hydrogen) atoms. The average Bonchev–Trinajstić information content (AvgIpc) is 3.39. The van der Waals surface area contributed by atoms with Crippen molar-refractivity contribution >= 4 is 46.1 Å². The number of ether oxygens (including phenoxy) is 1. The Hall–Kier alpha value is -3.17. The van der Waals surface area contributed by atoms with Gasteiger partial charge in [0.2, 0.25) is 0 Å². The van der Waals surface area contributed by atoms with Gasteiger partial charge in [0.05, 0.1) is 23.5 Å². The average molecular weight is 512 g/mol. The van der Waals surface area contributed by atoms with E-state index in [1.54, 1.807) is 17.5 Å². The zero-order valence-corrected chi connectivity index (χ0v) is 21.0. The van der Waals surface area contributed by atoms with Gasteiger partial charge in [-0.2, -0.15) is 0 Å². The lowest BCUT2D eigenvalue weighted by Gasteiger charge is -2.33. The summed E-state index contributed by atoms with van der Waals surface area (Å²) in [6, 6.07) is 13.6. The maximum Gasteiger partial charge on any atom is 0.305 e. The van der Waals surface area contributed by atoms with Gasteiger partial charge in [0, 0.05) is 42.1 Å². The Morgan fingerprint density at radius 1 is 1.14 bits per heavy atom. The van der Waals surface area contributed by atoms with Crippen LogP contribution in [0.15, 0.2) is 53.9 Å². The number of carbonyl (C=O) groups is 2. The molecule has 182 valence electrons. The molecule has 9 heteroatoms. The molecule has 0 aliphatic carbocycles. The Morgan fingerprint density at radius 2 is 1.86 bits per heavy atom. The second-order valence-electron chi connectivity index (χ2n) is 8.31. The third-order valence-electron chi connectivity index (χ3n) is 6.05. The number of thiazole rings is 1. The van der Waals surface area contributed by atoms with Crippen molar-refractivity contribution in [2.45, 2.75) is 31.6 Å². The Morgan fingerprint density at radius 3 is 2.57 bits per heavy atom. The molecule has 2 heterocycles. The fraction of sp³-hybridized carbons (Fsp3) is 0.308. The summed E-state index contributed by atoms with van der Waals surface area (Å²) < 4.78 is 18.0. The number of esters is 1. The van der Waals surface area contributed by atoms with Crippen molar-refractivity contribution in [3.63, 3.8) is 0 Å². The SMILES string of the molecule is COC(=O)CCC(=S)N1CCC(c2nc(C(=O)Nc3ccccc3-c3ccc(F)cc3)cs2)CC1. The van der Waals surface area contributed by atoms with Gasteiger partial charge in [-0.3, -0.25) is 9.59 Å². The summed E-state index contributed by atoms with van der Waals surface area (Å²) in [5, 5.41) is 5.69. The first-order valence-corrected chi connectivity index (χ1v) is 12.7. The minimum atomic E-state index is -0.306. The van der Waals surface area contributed by atoms with E-state index in [0.717, 1.165) is 47.1 Å². The Balaban J connectivity index is 1.36. The molecular formula is C26H26FN3O3S2. The van der Waals surface area contributed by atoms with Crippen LogP contribution in [0, 0.1) is 5.82 Å². The molecule has 0 unspecified atom stereocenters. The number of hydrogen-bond acceptors (Lipinski definition) is 6. The number of piperidine rings is 1. The number of amides is 1. The maximum absolute atomic E-state index is 13.3. The highest BCUT2D eigenvalue weighted by molar-refractivity contribution is 7.80. The van der Waals surface area contributed by atoms with Crippen LogP contribution in [0.2, 0.25) is 0 Å². The molecule has 1 aliphatic heterocycles. The molecule has 0 atom stereocenters. The highest BCUT2D eigenvalue weighted by Gasteiger charge is 2.25. The second-order valence-corrected chi connectivity index (χ2v) is 9.67. The van der Waals surface area contributed by atoms with E-state index < -0.39 is 0 Å². The lowest BCUT2D eigenvalue weighted by molar-refractivity contribution is -0.140. The van der Waals surface area contributed by atoms with Crippen LogP contribution in [0.1, 0.15) is 47.1 Å². The van der Waals surface area contributed by atoms with Crippen LogP contribution in [-0.2, 0) is 9.53 Å². The van der Waals surface area contributed by atoms with E-state index >= 15 is 0 Å². The first kappa shape index (κ1) is 24.9. The zero-order chi connectivity index (χ0) is 24.8. The highest BCUT2D eigenvalue weighted by Crippen LogP contribution is 2.32. The summed E-state index contributed by atoms with van der Waals surface area (Å²) >= 11 is 6.98. The van der Waals surface area contributed by atoms with Gasteiger partial charge in [-0.1, -0.05) is 42.5 Å². The van der Waals surface area contributed by atoms with E-state index in [4.69, 9.17) is 12.2 Å². The van der Waals surface area contributed by atoms with Crippen molar-refractivity contribution in [3.05, 3.63) is 70.4 Å². The quantitative estimate of drug-likeness (QED) is 0.326. The monoisotopic (exact) mass is 511 g/mol. The first-order chi connectivity index (χ1) is 16.9. The predicted molar refractivity (Wildman–Crippen MR) is 139 cm³/mol. The molecule has 1 saturated heterocycles. The third-order valence-corrected chi connectivity index (χ3v) is 7.52. The van der Waals surface area contributed by atoms with Gasteiger partial charge in [0.1, 0.15) is 11.5 Å². The van der Waals surface area contributed by atoms with Crippen LogP contribution < -0.4 is 5.32 Å². The van der Waals surface area contributed by atoms with Crippen molar-refractivity contribution in [1.82, 2.24) is 9.88 Å². The van der Waals surface area contributed by atoms with Crippen molar-refractivity contribution < 1.29 is 18.7 Å². The van der Waals surface area contributed by atoms with Crippen LogP contribution in [-0.4, -0.2) is 46.9 Å². The Kier molecular flexibility index (Phi) is 8.20. The van der Waals surface area contributed by atoms with E-state index in [1.165, 1.54) is 30.6 Å². The summed E-state index contributed by atoms with van der Waals surface area (Å²) in [7, 11) is 1.38. The van der Waals surface area contributed by atoms with Crippen LogP contribution in [0.4, 0.5) is 10.1 Å². The summed E-state index contributed by atoms with van der Waals surface area (Å²) in [5.74, 6) is -0.563. The highest BCUT2D eigenvalue weighted by atomic mass is 32.1. The molecule has 2 aromatic carbocycles. The molecule has 1 aromatic heterocycles. The van der Waals surface area contributed by atoms with Gasteiger partial charge in [-0.25, -0.2) is 9.37 Å². The summed E-state index contributed by atoms with van der Waals surface area (Å²) in [4.78, 5) is 31.9. The standard InChI is InChI=1S/C26H26FN3O3S2/c1-33-24(31)11-10-23(34)30-14-12-18(13-15-30)26-29-22(16-35-26)25(32)28-21-5-3-2-4-20(21)17-6-8-19(27)9-7-17/h2-9,16,18H,10-15H2,1H3,(H,28,32). The van der Waals surface area contributed by atoms with Crippen molar-refractivity contribution in [2.24, 2.45) is 0 Å². The molecule has 0 saturated carbocycles. The fourth-order valence-corrected chi connectivity index (χ4v) is 5.34. The van der Waals surface area contributed by atoms with E-state index in [-0.39, 0.29) is 23.6 Å². The largest absolute Gasteiger partial charge is 0.469 e. The van der Waals surface area contributed by atoms with Crippen LogP contribution in [0.5, 0.6) is 0 Å². The number of benzene rings is 2. The molecule has 3 aromatic rings. The minimum absolute atomic E-state index is 0.254. The number of hydrogen-bond donors (Lipinski definition) is 1. The zero-order valence-electron chi connectivity index (χ0n) is 19.3. The number of carbonyl (C=O) groups excluding carboxylic acids is 2. The minimum Gasteiger partial charge on any atom is -0.469 e. The smallest absolute Gasteiger partial charge is 0.305 e. The van der Waals surface area contributed by atoms with Crippen molar-refractivity contribution in [1.29, 1.82) is 0 Å². The topological polar surface area (TPSA) is 71.5 Å². The number of aromatic nitrogens is 1. The maximum atomic E-state index is 13.3. The first-order valence-electron chi connectivity index (χ1n) is 11.4. The van der Waals surface area contributed by atoms with E-state index in [0.29, 0.717) is 24.2 Å². The lowest BCUT2D eigenvalue weighted by Crippen LogP contribution is -2.37. The number of likely N-dealkylation sites (tertiary alicyclic amines) is 1. The number of nitrogens with one attached hydrogen (secondary N) is 1. The molecule has 1 fully saturated rings. The van der Waals surface area contributed by atoms with Gasteiger partial charge < -0.3 is 15.0 Å². The third kappa shape index (κ3) is 6.29. The van der Waals surface area contributed by atoms with E-state index in [2.05, 4.69) is 19.9 Å². The number of para-hydroxylation sites is 1.